The van der Waals surface area contributed by atoms with Crippen LogP contribution in [0.4, 0.5) is 16.0 Å². The molecule has 4 rings (SSSR count). The minimum Gasteiger partial charge on any atom is -0.435 e. The fourth-order valence-corrected chi connectivity index (χ4v) is 3.84. The van der Waals surface area contributed by atoms with Crippen molar-refractivity contribution in [3.8, 4) is 28.6 Å². The Morgan fingerprint density at radius 1 is 1.00 bits per heavy atom. The Bertz CT molecular complexity index is 1230. The van der Waals surface area contributed by atoms with Gasteiger partial charge in [-0.3, -0.25) is 0 Å². The first kappa shape index (κ1) is 22.6. The topological polar surface area (TPSA) is 81.2 Å². The predicted octanol–water partition coefficient (Wildman–Crippen LogP) is 6.30. The first-order valence-electron chi connectivity index (χ1n) is 9.86. The highest BCUT2D eigenvalue weighted by Gasteiger charge is 2.19. The smallest absolute Gasteiger partial charge is 0.228 e. The molecule has 0 spiro atoms. The summed E-state index contributed by atoms with van der Waals surface area (Å²) in [6, 6.07) is 18.2. The van der Waals surface area contributed by atoms with E-state index in [9.17, 15) is 0 Å². The van der Waals surface area contributed by atoms with Gasteiger partial charge in [0.1, 0.15) is 11.9 Å². The Kier molecular flexibility index (Phi) is 7.43. The highest BCUT2D eigenvalue weighted by atomic mass is 35.5. The molecule has 0 aliphatic heterocycles. The van der Waals surface area contributed by atoms with Crippen molar-refractivity contribution in [3.05, 3.63) is 84.4 Å². The van der Waals surface area contributed by atoms with Gasteiger partial charge in [0.2, 0.25) is 23.4 Å². The molecule has 4 aromatic rings. The van der Waals surface area contributed by atoms with Gasteiger partial charge in [-0.05, 0) is 47.8 Å². The molecule has 7 nitrogen and oxygen atoms in total. The minimum atomic E-state index is -0.759. The number of hydrogen-bond acceptors (Lipinski definition) is 8. The van der Waals surface area contributed by atoms with E-state index in [-0.39, 0.29) is 17.4 Å². The van der Waals surface area contributed by atoms with Gasteiger partial charge in [-0.2, -0.15) is 4.39 Å². The van der Waals surface area contributed by atoms with Crippen molar-refractivity contribution in [3.63, 3.8) is 0 Å². The zero-order valence-electron chi connectivity index (χ0n) is 17.5. The maximum Gasteiger partial charge on any atom is 0.228 e. The highest BCUT2D eigenvalue weighted by Crippen LogP contribution is 2.39. The van der Waals surface area contributed by atoms with Crippen LogP contribution < -0.4 is 19.1 Å². The van der Waals surface area contributed by atoms with Gasteiger partial charge < -0.3 is 19.1 Å². The molecule has 0 saturated carbocycles. The van der Waals surface area contributed by atoms with Crippen molar-refractivity contribution in [1.82, 2.24) is 15.0 Å². The number of anilines is 2. The van der Waals surface area contributed by atoms with Gasteiger partial charge in [-0.15, -0.1) is 0 Å². The number of pyridine rings is 1. The van der Waals surface area contributed by atoms with E-state index in [1.807, 2.05) is 30.3 Å². The van der Waals surface area contributed by atoms with Gasteiger partial charge in [0.25, 0.3) is 0 Å². The second kappa shape index (κ2) is 10.8. The number of hydrogen-bond donors (Lipinski definition) is 2. The molecule has 0 radical (unpaired) electrons. The molecule has 0 unspecified atom stereocenters. The third-order valence-corrected chi connectivity index (χ3v) is 5.53. The fraction of sp³-hybridized carbons (Fsp3) is 0.0870. The van der Waals surface area contributed by atoms with Crippen LogP contribution in [0.5, 0.6) is 17.4 Å². The van der Waals surface area contributed by atoms with Crippen LogP contribution in [-0.4, -0.2) is 22.0 Å². The summed E-state index contributed by atoms with van der Waals surface area (Å²) in [6.07, 6.45) is 3.16. The Hall–Kier alpha value is -3.56. The van der Waals surface area contributed by atoms with Crippen LogP contribution in [-0.2, 0) is 5.75 Å². The van der Waals surface area contributed by atoms with E-state index in [0.717, 1.165) is 5.56 Å². The number of ether oxygens (including phenoxy) is 1. The summed E-state index contributed by atoms with van der Waals surface area (Å²) in [6.45, 7) is 0. The van der Waals surface area contributed by atoms with Gasteiger partial charge in [0, 0.05) is 25.2 Å². The summed E-state index contributed by atoms with van der Waals surface area (Å²) in [5.41, 5.74) is 2.65. The second-order valence-corrected chi connectivity index (χ2v) is 7.62. The first-order valence-corrected chi connectivity index (χ1v) is 11.2. The monoisotopic (exact) mass is 483 g/mol. The lowest BCUT2D eigenvalue weighted by molar-refractivity contribution is 0.416. The van der Waals surface area contributed by atoms with Crippen molar-refractivity contribution in [1.29, 1.82) is 0 Å². The van der Waals surface area contributed by atoms with Gasteiger partial charge in [0.05, 0.1) is 16.9 Å². The van der Waals surface area contributed by atoms with Gasteiger partial charge >= 0.3 is 0 Å². The summed E-state index contributed by atoms with van der Waals surface area (Å²) in [7, 11) is 1.72. The van der Waals surface area contributed by atoms with E-state index in [4.69, 9.17) is 20.9 Å². The van der Waals surface area contributed by atoms with E-state index < -0.39 is 5.82 Å². The van der Waals surface area contributed by atoms with Crippen molar-refractivity contribution >= 4 is 35.4 Å². The minimum absolute atomic E-state index is 0.0906. The van der Waals surface area contributed by atoms with Crippen LogP contribution in [0.2, 0.25) is 0 Å². The molecule has 0 atom stereocenters. The molecule has 0 fully saturated rings. The van der Waals surface area contributed by atoms with Crippen LogP contribution in [0, 0.1) is 5.82 Å². The lowest BCUT2D eigenvalue weighted by atomic mass is 10.2. The molecule has 10 heteroatoms. The van der Waals surface area contributed by atoms with E-state index in [1.54, 1.807) is 43.7 Å². The van der Waals surface area contributed by atoms with Crippen LogP contribution in [0.1, 0.15) is 5.56 Å². The number of nitrogens with one attached hydrogen (secondary N) is 2. The molecule has 0 amide bonds. The van der Waals surface area contributed by atoms with E-state index >= 15 is 4.39 Å². The van der Waals surface area contributed by atoms with Gasteiger partial charge in [-0.25, -0.2) is 15.0 Å². The Morgan fingerprint density at radius 2 is 1.85 bits per heavy atom. The fourth-order valence-electron chi connectivity index (χ4n) is 2.94. The van der Waals surface area contributed by atoms with E-state index in [1.165, 1.54) is 18.0 Å². The average Bonchev–Trinajstić information content (AvgIpc) is 2.87. The molecule has 0 bridgehead atoms. The molecule has 2 heterocycles. The van der Waals surface area contributed by atoms with E-state index in [0.29, 0.717) is 28.6 Å². The standard InChI is InChI=1S/C23H19ClFN5O2S/c1-26-23-28-13-11-17(29-23)16-8-5-12-27-22(16)31-19-10-9-18(21(32-24)20(19)25)30-33-14-15-6-3-2-4-7-15/h2-13,30H,14H2,1H3,(H,26,28,29). The maximum atomic E-state index is 15.2. The SMILES string of the molecule is CNc1nccc(-c2cccnc2Oc2ccc(NSCc3ccccc3)c(OCl)c2F)n1. The van der Waals surface area contributed by atoms with Crippen LogP contribution in [0.15, 0.2) is 73.1 Å². The summed E-state index contributed by atoms with van der Waals surface area (Å²) < 4.78 is 28.8. The average molecular weight is 484 g/mol. The molecule has 168 valence electrons. The largest absolute Gasteiger partial charge is 0.435 e. The quantitative estimate of drug-likeness (QED) is 0.268. The summed E-state index contributed by atoms with van der Waals surface area (Å²) in [4.78, 5) is 12.7. The van der Waals surface area contributed by atoms with Gasteiger partial charge in [-0.1, -0.05) is 30.3 Å². The molecule has 0 aliphatic carbocycles. The molecular weight excluding hydrogens is 465 g/mol. The summed E-state index contributed by atoms with van der Waals surface area (Å²) in [5, 5.41) is 2.88. The van der Waals surface area contributed by atoms with Crippen LogP contribution in [0.25, 0.3) is 11.3 Å². The van der Waals surface area contributed by atoms with Crippen LogP contribution >= 0.6 is 23.8 Å². The van der Waals surface area contributed by atoms with Crippen molar-refractivity contribution in [2.24, 2.45) is 0 Å². The van der Waals surface area contributed by atoms with Crippen molar-refractivity contribution in [2.45, 2.75) is 5.75 Å². The molecule has 33 heavy (non-hydrogen) atoms. The number of halogens is 2. The molecular formula is C23H19ClFN5O2S. The number of rotatable bonds is 9. The highest BCUT2D eigenvalue weighted by molar-refractivity contribution is 7.99. The Balaban J connectivity index is 1.55. The molecule has 0 saturated heterocycles. The lowest BCUT2D eigenvalue weighted by Gasteiger charge is -2.14. The third-order valence-electron chi connectivity index (χ3n) is 4.54. The maximum absolute atomic E-state index is 15.2. The Morgan fingerprint density at radius 3 is 2.64 bits per heavy atom. The predicted molar refractivity (Wildman–Crippen MR) is 129 cm³/mol. The zero-order valence-corrected chi connectivity index (χ0v) is 19.0. The molecule has 2 N–H and O–H groups in total. The first-order chi connectivity index (χ1) is 16.2. The molecule has 0 aliphatic rings. The molecule has 2 aromatic carbocycles. The number of aromatic nitrogens is 3. The normalized spacial score (nSPS) is 10.5. The third kappa shape index (κ3) is 5.44. The molecule has 2 aromatic heterocycles. The Labute approximate surface area is 199 Å². The van der Waals surface area contributed by atoms with Crippen LogP contribution in [0.3, 0.4) is 0 Å². The van der Waals surface area contributed by atoms with Crippen molar-refractivity contribution < 1.29 is 13.4 Å². The van der Waals surface area contributed by atoms with E-state index in [2.05, 4.69) is 25.0 Å². The number of benzene rings is 2. The van der Waals surface area contributed by atoms with Crippen molar-refractivity contribution in [2.75, 3.05) is 17.1 Å². The summed E-state index contributed by atoms with van der Waals surface area (Å²) >= 11 is 6.97. The van der Waals surface area contributed by atoms with Gasteiger partial charge in [0.15, 0.2) is 5.75 Å². The second-order valence-electron chi connectivity index (χ2n) is 6.68. The summed E-state index contributed by atoms with van der Waals surface area (Å²) in [5.74, 6) is 0.267. The zero-order chi connectivity index (χ0) is 23.0. The number of nitrogens with zero attached hydrogens (tertiary/aromatic N) is 3. The lowest BCUT2D eigenvalue weighted by Crippen LogP contribution is -2.00.